The van der Waals surface area contributed by atoms with E-state index in [0.29, 0.717) is 0 Å². The van der Waals surface area contributed by atoms with E-state index in [2.05, 4.69) is 74.6 Å². The number of rotatable bonds is 6. The van der Waals surface area contributed by atoms with Crippen LogP contribution in [0.25, 0.3) is 10.9 Å². The summed E-state index contributed by atoms with van der Waals surface area (Å²) in [6, 6.07) is 10.9. The maximum absolute atomic E-state index is 3.63. The molecular weight excluding hydrogens is 344 g/mol. The molecule has 0 unspecified atom stereocenters. The number of nitrogens with zero attached hydrogens (tertiary/aromatic N) is 1. The number of fused-ring (bicyclic) bond motifs is 1. The highest BCUT2D eigenvalue weighted by Gasteiger charge is 2.09. The predicted molar refractivity (Wildman–Crippen MR) is 95.1 cm³/mol. The van der Waals surface area contributed by atoms with Gasteiger partial charge in [-0.1, -0.05) is 25.1 Å². The molecule has 0 saturated carbocycles. The Morgan fingerprint density at radius 2 is 2.14 bits per heavy atom. The first-order valence-electron chi connectivity index (χ1n) is 7.29. The molecular formula is C17H19BrN2S. The number of aromatic nitrogens is 1. The Labute approximate surface area is 137 Å². The average Bonchev–Trinajstić information content (AvgIpc) is 3.08. The number of hydrogen-bond acceptors (Lipinski definition) is 2. The highest BCUT2D eigenvalue weighted by Crippen LogP contribution is 2.27. The van der Waals surface area contributed by atoms with Crippen molar-refractivity contribution in [3.05, 3.63) is 56.8 Å². The van der Waals surface area contributed by atoms with E-state index in [1.807, 2.05) is 0 Å². The van der Waals surface area contributed by atoms with Gasteiger partial charge >= 0.3 is 0 Å². The van der Waals surface area contributed by atoms with E-state index >= 15 is 0 Å². The van der Waals surface area contributed by atoms with Crippen LogP contribution in [-0.4, -0.2) is 11.1 Å². The number of benzene rings is 1. The van der Waals surface area contributed by atoms with Gasteiger partial charge in [-0.25, -0.2) is 0 Å². The van der Waals surface area contributed by atoms with Crippen molar-refractivity contribution in [1.29, 1.82) is 0 Å². The Hall–Kier alpha value is -1.10. The van der Waals surface area contributed by atoms with Crippen molar-refractivity contribution in [2.24, 2.45) is 0 Å². The second-order valence-corrected chi connectivity index (χ2v) is 7.02. The summed E-state index contributed by atoms with van der Waals surface area (Å²) in [7, 11) is 0. The van der Waals surface area contributed by atoms with Crippen LogP contribution >= 0.6 is 27.3 Å². The Balaban J connectivity index is 1.93. The molecule has 3 aromatic rings. The van der Waals surface area contributed by atoms with E-state index in [1.54, 1.807) is 11.3 Å². The van der Waals surface area contributed by atoms with Crippen molar-refractivity contribution in [3.8, 4) is 0 Å². The molecule has 1 aromatic carbocycles. The number of thiophene rings is 1. The molecule has 0 fully saturated rings. The standard InChI is InChI=1S/C17H19BrN2S/c1-2-8-19-11-14-5-3-4-13-6-9-20(17(13)14)12-16-15(18)7-10-21-16/h3-7,9-10,19H,2,8,11-12H2,1H3. The van der Waals surface area contributed by atoms with Crippen molar-refractivity contribution in [2.75, 3.05) is 6.54 Å². The summed E-state index contributed by atoms with van der Waals surface area (Å²) in [6.45, 7) is 5.12. The van der Waals surface area contributed by atoms with Gasteiger partial charge in [0.25, 0.3) is 0 Å². The molecule has 0 aliphatic heterocycles. The van der Waals surface area contributed by atoms with Crippen molar-refractivity contribution in [2.45, 2.75) is 26.4 Å². The van der Waals surface area contributed by atoms with Gasteiger partial charge in [-0.2, -0.15) is 0 Å². The van der Waals surface area contributed by atoms with E-state index in [4.69, 9.17) is 0 Å². The largest absolute Gasteiger partial charge is 0.342 e. The Morgan fingerprint density at radius 1 is 1.24 bits per heavy atom. The van der Waals surface area contributed by atoms with E-state index in [1.165, 1.54) is 32.2 Å². The van der Waals surface area contributed by atoms with Gasteiger partial charge in [-0.3, -0.25) is 0 Å². The van der Waals surface area contributed by atoms with Gasteiger partial charge in [0.05, 0.1) is 12.1 Å². The van der Waals surface area contributed by atoms with Crippen LogP contribution in [0.5, 0.6) is 0 Å². The van der Waals surface area contributed by atoms with Crippen molar-refractivity contribution in [1.82, 2.24) is 9.88 Å². The lowest BCUT2D eigenvalue weighted by molar-refractivity contribution is 0.675. The minimum absolute atomic E-state index is 0.923. The summed E-state index contributed by atoms with van der Waals surface area (Å²) >= 11 is 5.43. The molecule has 2 nitrogen and oxygen atoms in total. The smallest absolute Gasteiger partial charge is 0.0580 e. The number of halogens is 1. The summed E-state index contributed by atoms with van der Waals surface area (Å²) in [5, 5.41) is 6.96. The lowest BCUT2D eigenvalue weighted by atomic mass is 10.1. The van der Waals surface area contributed by atoms with Crippen LogP contribution in [0, 0.1) is 0 Å². The monoisotopic (exact) mass is 362 g/mol. The summed E-state index contributed by atoms with van der Waals surface area (Å²) in [5.41, 5.74) is 2.72. The highest BCUT2D eigenvalue weighted by atomic mass is 79.9. The molecule has 0 radical (unpaired) electrons. The maximum atomic E-state index is 3.63. The van der Waals surface area contributed by atoms with Crippen LogP contribution in [0.15, 0.2) is 46.4 Å². The molecule has 1 N–H and O–H groups in total. The molecule has 0 amide bonds. The first-order valence-corrected chi connectivity index (χ1v) is 8.96. The van der Waals surface area contributed by atoms with Gasteiger partial charge in [0.15, 0.2) is 0 Å². The zero-order valence-electron chi connectivity index (χ0n) is 12.1. The van der Waals surface area contributed by atoms with Gasteiger partial charge in [0.1, 0.15) is 0 Å². The normalized spacial score (nSPS) is 11.3. The van der Waals surface area contributed by atoms with Gasteiger partial charge < -0.3 is 9.88 Å². The topological polar surface area (TPSA) is 17.0 Å². The molecule has 21 heavy (non-hydrogen) atoms. The Morgan fingerprint density at radius 3 is 2.90 bits per heavy atom. The van der Waals surface area contributed by atoms with E-state index in [-0.39, 0.29) is 0 Å². The third-order valence-corrected chi connectivity index (χ3v) is 5.53. The number of hydrogen-bond donors (Lipinski definition) is 1. The van der Waals surface area contributed by atoms with Crippen molar-refractivity contribution < 1.29 is 0 Å². The fourth-order valence-corrected chi connectivity index (χ4v) is 4.08. The van der Waals surface area contributed by atoms with Crippen LogP contribution in [0.1, 0.15) is 23.8 Å². The number of para-hydroxylation sites is 1. The predicted octanol–water partition coefficient (Wildman–Crippen LogP) is 5.01. The van der Waals surface area contributed by atoms with E-state index in [0.717, 1.165) is 19.6 Å². The summed E-state index contributed by atoms with van der Waals surface area (Å²) in [6.07, 6.45) is 3.36. The SMILES string of the molecule is CCCNCc1cccc2ccn(Cc3sccc3Br)c12. The molecule has 0 spiro atoms. The fourth-order valence-electron chi connectivity index (χ4n) is 2.61. The first kappa shape index (κ1) is 14.8. The molecule has 0 aliphatic rings. The van der Waals surface area contributed by atoms with E-state index < -0.39 is 0 Å². The Kier molecular flexibility index (Phi) is 4.78. The first-order chi connectivity index (χ1) is 10.3. The summed E-state index contributed by atoms with van der Waals surface area (Å²) in [5.74, 6) is 0. The van der Waals surface area contributed by atoms with Crippen LogP contribution in [0.3, 0.4) is 0 Å². The van der Waals surface area contributed by atoms with Gasteiger partial charge in [-0.05, 0) is 57.4 Å². The second kappa shape index (κ2) is 6.77. The molecule has 2 aromatic heterocycles. The molecule has 4 heteroatoms. The Bertz CT molecular complexity index is 729. The zero-order chi connectivity index (χ0) is 14.7. The quantitative estimate of drug-likeness (QED) is 0.609. The molecule has 0 bridgehead atoms. The molecule has 110 valence electrons. The third kappa shape index (κ3) is 3.23. The summed E-state index contributed by atoms with van der Waals surface area (Å²) in [4.78, 5) is 1.36. The summed E-state index contributed by atoms with van der Waals surface area (Å²) < 4.78 is 3.56. The van der Waals surface area contributed by atoms with Gasteiger partial charge in [-0.15, -0.1) is 11.3 Å². The molecule has 3 rings (SSSR count). The van der Waals surface area contributed by atoms with Crippen LogP contribution < -0.4 is 5.32 Å². The van der Waals surface area contributed by atoms with Crippen molar-refractivity contribution in [3.63, 3.8) is 0 Å². The fraction of sp³-hybridized carbons (Fsp3) is 0.294. The third-order valence-electron chi connectivity index (χ3n) is 3.62. The van der Waals surface area contributed by atoms with Gasteiger partial charge in [0, 0.05) is 22.1 Å². The zero-order valence-corrected chi connectivity index (χ0v) is 14.5. The van der Waals surface area contributed by atoms with Crippen molar-refractivity contribution >= 4 is 38.2 Å². The lowest BCUT2D eigenvalue weighted by Crippen LogP contribution is -2.14. The minimum Gasteiger partial charge on any atom is -0.342 e. The van der Waals surface area contributed by atoms with Crippen LogP contribution in [0.4, 0.5) is 0 Å². The molecule has 0 aliphatic carbocycles. The van der Waals surface area contributed by atoms with Gasteiger partial charge in [0.2, 0.25) is 0 Å². The average molecular weight is 363 g/mol. The molecule has 0 atom stereocenters. The van der Waals surface area contributed by atoms with E-state index in [9.17, 15) is 0 Å². The van der Waals surface area contributed by atoms with Crippen LogP contribution in [-0.2, 0) is 13.1 Å². The highest BCUT2D eigenvalue weighted by molar-refractivity contribution is 9.10. The molecule has 2 heterocycles. The maximum Gasteiger partial charge on any atom is 0.0580 e. The number of nitrogens with one attached hydrogen (secondary N) is 1. The minimum atomic E-state index is 0.923. The van der Waals surface area contributed by atoms with Crippen LogP contribution in [0.2, 0.25) is 0 Å². The lowest BCUT2D eigenvalue weighted by Gasteiger charge is -2.10. The second-order valence-electron chi connectivity index (χ2n) is 5.17. The molecule has 0 saturated heterocycles.